The van der Waals surface area contributed by atoms with E-state index in [4.69, 9.17) is 5.11 Å². The predicted molar refractivity (Wildman–Crippen MR) is 75.2 cm³/mol. The Labute approximate surface area is 128 Å². The lowest BCUT2D eigenvalue weighted by Crippen LogP contribution is -2.09. The molecule has 2 aromatic carbocycles. The number of halogens is 3. The van der Waals surface area contributed by atoms with Gasteiger partial charge >= 0.3 is 12.1 Å². The second-order valence-electron chi connectivity index (χ2n) is 4.74. The number of nitro benzene ring substituents is 1. The van der Waals surface area contributed by atoms with Crippen LogP contribution in [0.2, 0.25) is 0 Å². The quantitative estimate of drug-likeness (QED) is 0.674. The first-order valence-electron chi connectivity index (χ1n) is 6.32. The van der Waals surface area contributed by atoms with Gasteiger partial charge in [0.1, 0.15) is 5.56 Å². The summed E-state index contributed by atoms with van der Waals surface area (Å²) in [6, 6.07) is 6.73. The molecule has 8 heteroatoms. The van der Waals surface area contributed by atoms with Crippen LogP contribution in [-0.4, -0.2) is 16.0 Å². The molecule has 0 spiro atoms. The van der Waals surface area contributed by atoms with E-state index in [0.29, 0.717) is 0 Å². The molecule has 120 valence electrons. The highest BCUT2D eigenvalue weighted by molar-refractivity contribution is 5.95. The van der Waals surface area contributed by atoms with E-state index in [9.17, 15) is 28.1 Å². The monoisotopic (exact) mass is 325 g/mol. The number of rotatable bonds is 3. The fourth-order valence-corrected chi connectivity index (χ4v) is 2.36. The van der Waals surface area contributed by atoms with Crippen LogP contribution in [0.25, 0.3) is 11.1 Å². The molecule has 0 aliphatic heterocycles. The normalized spacial score (nSPS) is 11.3. The number of nitro groups is 1. The third kappa shape index (κ3) is 3.01. The maximum atomic E-state index is 13.1. The molecule has 5 nitrogen and oxygen atoms in total. The van der Waals surface area contributed by atoms with Gasteiger partial charge in [0, 0.05) is 5.56 Å². The Morgan fingerprint density at radius 3 is 2.26 bits per heavy atom. The topological polar surface area (TPSA) is 80.4 Å². The number of hydrogen-bond acceptors (Lipinski definition) is 3. The van der Waals surface area contributed by atoms with Gasteiger partial charge in [-0.3, -0.25) is 10.1 Å². The second-order valence-corrected chi connectivity index (χ2v) is 4.74. The van der Waals surface area contributed by atoms with Gasteiger partial charge < -0.3 is 5.11 Å². The second kappa shape index (κ2) is 5.71. The average molecular weight is 325 g/mol. The highest BCUT2D eigenvalue weighted by atomic mass is 19.4. The van der Waals surface area contributed by atoms with Gasteiger partial charge in [0.15, 0.2) is 0 Å². The molecule has 0 radical (unpaired) electrons. The molecule has 23 heavy (non-hydrogen) atoms. The smallest absolute Gasteiger partial charge is 0.417 e. The summed E-state index contributed by atoms with van der Waals surface area (Å²) in [7, 11) is 0. The lowest BCUT2D eigenvalue weighted by Gasteiger charge is -2.15. The molecule has 1 N–H and O–H groups in total. The van der Waals surface area contributed by atoms with Gasteiger partial charge in [-0.2, -0.15) is 13.2 Å². The summed E-state index contributed by atoms with van der Waals surface area (Å²) in [5.41, 5.74) is -2.63. The van der Waals surface area contributed by atoms with Gasteiger partial charge in [-0.25, -0.2) is 4.79 Å². The lowest BCUT2D eigenvalue weighted by molar-refractivity contribution is -0.385. The number of carboxylic acid groups (broad SMARTS) is 1. The third-order valence-corrected chi connectivity index (χ3v) is 3.37. The van der Waals surface area contributed by atoms with Crippen LogP contribution in [0.1, 0.15) is 21.5 Å². The summed E-state index contributed by atoms with van der Waals surface area (Å²) >= 11 is 0. The van der Waals surface area contributed by atoms with Crippen molar-refractivity contribution in [3.63, 3.8) is 0 Å². The van der Waals surface area contributed by atoms with Crippen molar-refractivity contribution in [2.24, 2.45) is 0 Å². The molecule has 2 aromatic rings. The zero-order valence-corrected chi connectivity index (χ0v) is 11.7. The predicted octanol–water partition coefficient (Wildman–Crippen LogP) is 4.29. The van der Waals surface area contributed by atoms with Crippen molar-refractivity contribution in [3.05, 3.63) is 63.2 Å². The first-order chi connectivity index (χ1) is 10.6. The van der Waals surface area contributed by atoms with Crippen LogP contribution >= 0.6 is 0 Å². The Morgan fingerprint density at radius 1 is 1.13 bits per heavy atom. The summed E-state index contributed by atoms with van der Waals surface area (Å²) < 4.78 is 39.3. The van der Waals surface area contributed by atoms with E-state index in [0.717, 1.165) is 18.2 Å². The van der Waals surface area contributed by atoms with Crippen molar-refractivity contribution in [1.82, 2.24) is 0 Å². The number of carboxylic acids is 1. The molecule has 0 atom stereocenters. The minimum absolute atomic E-state index is 0.0328. The molecule has 0 unspecified atom stereocenters. The number of benzene rings is 2. The van der Waals surface area contributed by atoms with Crippen LogP contribution in [0, 0.1) is 17.0 Å². The van der Waals surface area contributed by atoms with Crippen LogP contribution in [0.3, 0.4) is 0 Å². The Kier molecular flexibility index (Phi) is 4.09. The van der Waals surface area contributed by atoms with Crippen LogP contribution < -0.4 is 0 Å². The van der Waals surface area contributed by atoms with Gasteiger partial charge in [-0.15, -0.1) is 0 Å². The molecule has 0 saturated heterocycles. The summed E-state index contributed by atoms with van der Waals surface area (Å²) in [6.45, 7) is 1.23. The zero-order chi connectivity index (χ0) is 17.4. The number of carbonyl (C=O) groups is 1. The summed E-state index contributed by atoms with van der Waals surface area (Å²) in [6.07, 6.45) is -4.64. The summed E-state index contributed by atoms with van der Waals surface area (Å²) in [5, 5.41) is 20.1. The Balaban J connectivity index is 2.80. The SMILES string of the molecule is Cc1c(-c2ccccc2C(F)(F)F)ccc(C(=O)O)c1[N+](=O)[O-]. The number of nitrogens with zero attached hydrogens (tertiary/aromatic N) is 1. The van der Waals surface area contributed by atoms with E-state index in [1.54, 1.807) is 0 Å². The first kappa shape index (κ1) is 16.5. The first-order valence-corrected chi connectivity index (χ1v) is 6.32. The number of hydrogen-bond donors (Lipinski definition) is 1. The van der Waals surface area contributed by atoms with Crippen molar-refractivity contribution in [1.29, 1.82) is 0 Å². The van der Waals surface area contributed by atoms with Crippen molar-refractivity contribution >= 4 is 11.7 Å². The summed E-state index contributed by atoms with van der Waals surface area (Å²) in [5.74, 6) is -1.52. The Morgan fingerprint density at radius 2 is 1.74 bits per heavy atom. The standard InChI is InChI=1S/C15H10F3NO4/c1-8-9(6-7-11(14(20)21)13(8)19(22)23)10-4-2-3-5-12(10)15(16,17)18/h2-7H,1H3,(H,20,21). The van der Waals surface area contributed by atoms with Crippen molar-refractivity contribution in [2.45, 2.75) is 13.1 Å². The van der Waals surface area contributed by atoms with E-state index >= 15 is 0 Å². The average Bonchev–Trinajstić information content (AvgIpc) is 2.45. The minimum atomic E-state index is -4.64. The number of aromatic carboxylic acids is 1. The summed E-state index contributed by atoms with van der Waals surface area (Å²) in [4.78, 5) is 21.3. The zero-order valence-electron chi connectivity index (χ0n) is 11.7. The molecule has 2 rings (SSSR count). The van der Waals surface area contributed by atoms with Crippen molar-refractivity contribution < 1.29 is 28.0 Å². The van der Waals surface area contributed by atoms with E-state index in [1.165, 1.54) is 25.1 Å². The largest absolute Gasteiger partial charge is 0.477 e. The van der Waals surface area contributed by atoms with Crippen LogP contribution in [0.4, 0.5) is 18.9 Å². The maximum Gasteiger partial charge on any atom is 0.417 e. The van der Waals surface area contributed by atoms with E-state index in [2.05, 4.69) is 0 Å². The fraction of sp³-hybridized carbons (Fsp3) is 0.133. The maximum absolute atomic E-state index is 13.1. The molecule has 0 aliphatic rings. The Hall–Kier alpha value is -2.90. The molecule has 0 amide bonds. The molecular weight excluding hydrogens is 315 g/mol. The molecule has 0 bridgehead atoms. The minimum Gasteiger partial charge on any atom is -0.477 e. The van der Waals surface area contributed by atoms with Crippen LogP contribution in [0.15, 0.2) is 36.4 Å². The molecule has 0 fully saturated rings. The van der Waals surface area contributed by atoms with E-state index in [1.807, 2.05) is 0 Å². The van der Waals surface area contributed by atoms with Crippen LogP contribution in [-0.2, 0) is 6.18 Å². The molecule has 0 saturated carbocycles. The van der Waals surface area contributed by atoms with Crippen molar-refractivity contribution in [2.75, 3.05) is 0 Å². The van der Waals surface area contributed by atoms with Gasteiger partial charge in [0.05, 0.1) is 10.5 Å². The van der Waals surface area contributed by atoms with Gasteiger partial charge in [-0.05, 0) is 30.2 Å². The number of alkyl halides is 3. The van der Waals surface area contributed by atoms with Gasteiger partial charge in [-0.1, -0.05) is 24.3 Å². The van der Waals surface area contributed by atoms with Gasteiger partial charge in [0.2, 0.25) is 0 Å². The van der Waals surface area contributed by atoms with Gasteiger partial charge in [0.25, 0.3) is 5.69 Å². The van der Waals surface area contributed by atoms with Crippen LogP contribution in [0.5, 0.6) is 0 Å². The fourth-order valence-electron chi connectivity index (χ4n) is 2.36. The van der Waals surface area contributed by atoms with Crippen molar-refractivity contribution in [3.8, 4) is 11.1 Å². The molecular formula is C15H10F3NO4. The molecule has 0 aliphatic carbocycles. The Bertz CT molecular complexity index is 800. The highest BCUT2D eigenvalue weighted by Gasteiger charge is 2.34. The third-order valence-electron chi connectivity index (χ3n) is 3.37. The van der Waals surface area contributed by atoms with E-state index in [-0.39, 0.29) is 16.7 Å². The molecule has 0 aromatic heterocycles. The molecule has 0 heterocycles. The lowest BCUT2D eigenvalue weighted by atomic mass is 9.93. The highest BCUT2D eigenvalue weighted by Crippen LogP contribution is 2.40. The van der Waals surface area contributed by atoms with E-state index < -0.39 is 33.9 Å².